The third kappa shape index (κ3) is 1.49. The van der Waals surface area contributed by atoms with Crippen LogP contribution in [0.4, 0.5) is 0 Å². The summed E-state index contributed by atoms with van der Waals surface area (Å²) in [5.41, 5.74) is 8.88. The van der Waals surface area contributed by atoms with Gasteiger partial charge in [-0.1, -0.05) is 6.07 Å². The lowest BCUT2D eigenvalue weighted by Crippen LogP contribution is -2.02. The van der Waals surface area contributed by atoms with Crippen LogP contribution in [0.2, 0.25) is 0 Å². The third-order valence-corrected chi connectivity index (χ3v) is 2.80. The van der Waals surface area contributed by atoms with Crippen LogP contribution in [-0.4, -0.2) is 16.2 Å². The topological polar surface area (TPSA) is 51.2 Å². The van der Waals surface area contributed by atoms with Crippen LogP contribution < -0.4 is 5.73 Å². The average molecular weight is 204 g/mol. The van der Waals surface area contributed by atoms with Gasteiger partial charge < -0.3 is 15.4 Å². The van der Waals surface area contributed by atoms with Gasteiger partial charge >= 0.3 is 0 Å². The molecule has 0 aliphatic heterocycles. The summed E-state index contributed by atoms with van der Waals surface area (Å²) in [4.78, 5) is 0. The molecule has 1 heterocycles. The fraction of sp³-hybridized carbons (Fsp3) is 0.333. The van der Waals surface area contributed by atoms with E-state index in [0.29, 0.717) is 12.3 Å². The Balaban J connectivity index is 2.80. The highest BCUT2D eigenvalue weighted by molar-refractivity contribution is 5.91. The lowest BCUT2D eigenvalue weighted by atomic mass is 10.1. The monoisotopic (exact) mass is 204 g/mol. The van der Waals surface area contributed by atoms with Gasteiger partial charge in [0.15, 0.2) is 0 Å². The van der Waals surface area contributed by atoms with Gasteiger partial charge in [0.25, 0.3) is 0 Å². The van der Waals surface area contributed by atoms with Gasteiger partial charge in [-0.2, -0.15) is 0 Å². The van der Waals surface area contributed by atoms with Gasteiger partial charge in [0.05, 0.1) is 5.52 Å². The van der Waals surface area contributed by atoms with E-state index in [9.17, 15) is 5.11 Å². The van der Waals surface area contributed by atoms with Crippen molar-refractivity contribution in [1.29, 1.82) is 0 Å². The lowest BCUT2D eigenvalue weighted by molar-refractivity contribution is 0.479. The Hall–Kier alpha value is -1.48. The Morgan fingerprint density at radius 2 is 2.13 bits per heavy atom. The first-order chi connectivity index (χ1) is 7.15. The van der Waals surface area contributed by atoms with Crippen LogP contribution in [0.15, 0.2) is 18.3 Å². The standard InChI is InChI=1S/C12H16N2O/c1-8-3-4-10(15)12-11(8)9(5-6-13)7-14(12)2/h3-4,7,15H,5-6,13H2,1-2H3. The molecule has 1 aromatic heterocycles. The van der Waals surface area contributed by atoms with Gasteiger partial charge in [0, 0.05) is 18.6 Å². The fourth-order valence-corrected chi connectivity index (χ4v) is 2.15. The van der Waals surface area contributed by atoms with Crippen LogP contribution >= 0.6 is 0 Å². The number of hydrogen-bond acceptors (Lipinski definition) is 2. The van der Waals surface area contributed by atoms with Gasteiger partial charge in [-0.15, -0.1) is 0 Å². The number of aromatic nitrogens is 1. The number of phenolic OH excluding ortho intramolecular Hbond substituents is 1. The van der Waals surface area contributed by atoms with Crippen molar-refractivity contribution in [2.24, 2.45) is 12.8 Å². The molecule has 2 rings (SSSR count). The van der Waals surface area contributed by atoms with E-state index in [0.717, 1.165) is 17.3 Å². The molecular formula is C12H16N2O. The van der Waals surface area contributed by atoms with E-state index in [1.165, 1.54) is 11.1 Å². The molecule has 0 unspecified atom stereocenters. The zero-order valence-electron chi connectivity index (χ0n) is 9.12. The van der Waals surface area contributed by atoms with Crippen molar-refractivity contribution in [3.05, 3.63) is 29.5 Å². The molecule has 3 heteroatoms. The predicted octanol–water partition coefficient (Wildman–Crippen LogP) is 1.69. The Morgan fingerprint density at radius 3 is 2.80 bits per heavy atom. The van der Waals surface area contributed by atoms with Crippen molar-refractivity contribution in [2.45, 2.75) is 13.3 Å². The summed E-state index contributed by atoms with van der Waals surface area (Å²) in [6, 6.07) is 3.68. The summed E-state index contributed by atoms with van der Waals surface area (Å²) in [6.45, 7) is 2.69. The first-order valence-corrected chi connectivity index (χ1v) is 5.11. The second-order valence-electron chi connectivity index (χ2n) is 3.93. The molecule has 1 aromatic carbocycles. The smallest absolute Gasteiger partial charge is 0.139 e. The summed E-state index contributed by atoms with van der Waals surface area (Å²) < 4.78 is 1.96. The minimum Gasteiger partial charge on any atom is -0.506 e. The number of benzene rings is 1. The van der Waals surface area contributed by atoms with Gasteiger partial charge in [-0.05, 0) is 37.1 Å². The van der Waals surface area contributed by atoms with Crippen molar-refractivity contribution in [3.8, 4) is 5.75 Å². The second-order valence-corrected chi connectivity index (χ2v) is 3.93. The number of phenols is 1. The van der Waals surface area contributed by atoms with Crippen molar-refractivity contribution in [3.63, 3.8) is 0 Å². The summed E-state index contributed by atoms with van der Waals surface area (Å²) in [5.74, 6) is 0.335. The Kier molecular flexibility index (Phi) is 2.40. The molecule has 0 aliphatic rings. The average Bonchev–Trinajstić information content (AvgIpc) is 2.51. The maximum absolute atomic E-state index is 9.81. The van der Waals surface area contributed by atoms with Crippen LogP contribution in [0.3, 0.4) is 0 Å². The summed E-state index contributed by atoms with van der Waals surface area (Å²) in [6.07, 6.45) is 2.89. The van der Waals surface area contributed by atoms with Crippen LogP contribution in [0.5, 0.6) is 5.75 Å². The van der Waals surface area contributed by atoms with Crippen LogP contribution in [0.1, 0.15) is 11.1 Å². The van der Waals surface area contributed by atoms with Crippen molar-refractivity contribution in [1.82, 2.24) is 4.57 Å². The van der Waals surface area contributed by atoms with Crippen LogP contribution in [0, 0.1) is 6.92 Å². The zero-order chi connectivity index (χ0) is 11.0. The number of fused-ring (bicyclic) bond motifs is 1. The summed E-state index contributed by atoms with van der Waals surface area (Å²) in [5, 5.41) is 10.9. The molecule has 0 radical (unpaired) electrons. The van der Waals surface area contributed by atoms with Gasteiger partial charge in [0.2, 0.25) is 0 Å². The first-order valence-electron chi connectivity index (χ1n) is 5.11. The van der Waals surface area contributed by atoms with E-state index in [1.807, 2.05) is 23.9 Å². The zero-order valence-corrected chi connectivity index (χ0v) is 9.12. The van der Waals surface area contributed by atoms with Crippen LogP contribution in [0.25, 0.3) is 10.9 Å². The molecule has 0 amide bonds. The minimum atomic E-state index is 0.335. The third-order valence-electron chi connectivity index (χ3n) is 2.80. The molecule has 0 spiro atoms. The molecule has 80 valence electrons. The van der Waals surface area contributed by atoms with Gasteiger partial charge in [-0.25, -0.2) is 0 Å². The number of hydrogen-bond donors (Lipinski definition) is 2. The molecule has 0 fully saturated rings. The maximum Gasteiger partial charge on any atom is 0.139 e. The molecule has 0 aliphatic carbocycles. The van der Waals surface area contributed by atoms with E-state index in [-0.39, 0.29) is 0 Å². The highest BCUT2D eigenvalue weighted by atomic mass is 16.3. The SMILES string of the molecule is Cc1ccc(O)c2c1c(CCN)cn2C. The van der Waals surface area contributed by atoms with Crippen molar-refractivity contribution >= 4 is 10.9 Å². The molecular weight excluding hydrogens is 188 g/mol. The maximum atomic E-state index is 9.81. The number of nitrogens with two attached hydrogens (primary N) is 1. The summed E-state index contributed by atoms with van der Waals surface area (Å²) >= 11 is 0. The van der Waals surface area contributed by atoms with E-state index < -0.39 is 0 Å². The molecule has 15 heavy (non-hydrogen) atoms. The number of aromatic hydroxyl groups is 1. The number of nitrogens with zero attached hydrogens (tertiary/aromatic N) is 1. The predicted molar refractivity (Wildman–Crippen MR) is 62.1 cm³/mol. The summed E-state index contributed by atoms with van der Waals surface area (Å²) in [7, 11) is 1.95. The Labute approximate surface area is 89.1 Å². The molecule has 0 saturated carbocycles. The minimum absolute atomic E-state index is 0.335. The Morgan fingerprint density at radius 1 is 1.40 bits per heavy atom. The second kappa shape index (κ2) is 3.59. The van der Waals surface area contributed by atoms with Gasteiger partial charge in [-0.3, -0.25) is 0 Å². The van der Waals surface area contributed by atoms with E-state index >= 15 is 0 Å². The number of aryl methyl sites for hydroxylation is 2. The first kappa shape index (κ1) is 10.1. The van der Waals surface area contributed by atoms with E-state index in [4.69, 9.17) is 5.73 Å². The largest absolute Gasteiger partial charge is 0.506 e. The fourth-order valence-electron chi connectivity index (χ4n) is 2.15. The van der Waals surface area contributed by atoms with Crippen molar-refractivity contribution in [2.75, 3.05) is 6.54 Å². The highest BCUT2D eigenvalue weighted by Gasteiger charge is 2.11. The van der Waals surface area contributed by atoms with Crippen molar-refractivity contribution < 1.29 is 5.11 Å². The normalized spacial score (nSPS) is 11.1. The van der Waals surface area contributed by atoms with Crippen LogP contribution in [-0.2, 0) is 13.5 Å². The molecule has 3 N–H and O–H groups in total. The molecule has 0 bridgehead atoms. The molecule has 0 atom stereocenters. The van der Waals surface area contributed by atoms with E-state index in [1.54, 1.807) is 6.07 Å². The van der Waals surface area contributed by atoms with Gasteiger partial charge in [0.1, 0.15) is 5.75 Å². The number of rotatable bonds is 2. The highest BCUT2D eigenvalue weighted by Crippen LogP contribution is 2.31. The Bertz CT molecular complexity index is 500. The quantitative estimate of drug-likeness (QED) is 0.782. The van der Waals surface area contributed by atoms with E-state index in [2.05, 4.69) is 6.92 Å². The lowest BCUT2D eigenvalue weighted by Gasteiger charge is -2.03. The molecule has 2 aromatic rings. The molecule has 3 nitrogen and oxygen atoms in total. The molecule has 0 saturated heterocycles.